The van der Waals surface area contributed by atoms with Crippen LogP contribution in [0.15, 0.2) is 16.7 Å². The molecule has 39 heavy (non-hydrogen) atoms. The molecule has 2 saturated heterocycles. The topological polar surface area (TPSA) is 86.0 Å². The fraction of sp³-hybridized carbons (Fsp3) is 0.724. The molecule has 2 aliphatic heterocycles. The molecule has 0 bridgehead atoms. The molecule has 0 unspecified atom stereocenters. The number of aliphatic hydroxyl groups is 1. The van der Waals surface area contributed by atoms with Gasteiger partial charge >= 0.3 is 6.09 Å². The quantitative estimate of drug-likeness (QED) is 0.347. The highest BCUT2D eigenvalue weighted by atomic mass is 79.9. The molecule has 1 N–H and O–H groups in total. The molecular weight excluding hydrogens is 586 g/mol. The lowest BCUT2D eigenvalue weighted by Crippen LogP contribution is -2.60. The van der Waals surface area contributed by atoms with E-state index in [4.69, 9.17) is 25.8 Å². The van der Waals surface area contributed by atoms with Crippen LogP contribution >= 0.6 is 27.5 Å². The third-order valence-corrected chi connectivity index (χ3v) is 9.49. The Kier molecular flexibility index (Phi) is 8.57. The third kappa shape index (κ3) is 6.58. The first-order chi connectivity index (χ1) is 18.5. The van der Waals surface area contributed by atoms with E-state index in [9.17, 15) is 9.90 Å². The molecule has 3 fully saturated rings. The van der Waals surface area contributed by atoms with Gasteiger partial charge in [0, 0.05) is 41.2 Å². The van der Waals surface area contributed by atoms with Crippen LogP contribution in [0.1, 0.15) is 83.9 Å². The summed E-state index contributed by atoms with van der Waals surface area (Å²) in [6, 6.07) is 1.98. The average Bonchev–Trinajstić information content (AvgIpc) is 3.28. The second-order valence-electron chi connectivity index (χ2n) is 12.7. The minimum Gasteiger partial charge on any atom is -0.444 e. The lowest BCUT2D eigenvalue weighted by molar-refractivity contribution is -0.161. The predicted molar refractivity (Wildman–Crippen MR) is 154 cm³/mol. The first-order valence-electron chi connectivity index (χ1n) is 14.2. The summed E-state index contributed by atoms with van der Waals surface area (Å²) in [5.41, 5.74) is 0.724. The summed E-state index contributed by atoms with van der Waals surface area (Å²) in [5, 5.41) is 17.4. The van der Waals surface area contributed by atoms with Crippen molar-refractivity contribution in [3.63, 3.8) is 0 Å². The van der Waals surface area contributed by atoms with Crippen LogP contribution in [0, 0.1) is 5.41 Å². The van der Waals surface area contributed by atoms with Gasteiger partial charge in [-0.15, -0.1) is 0 Å². The zero-order valence-corrected chi connectivity index (χ0v) is 25.7. The van der Waals surface area contributed by atoms with E-state index in [1.54, 1.807) is 0 Å². The van der Waals surface area contributed by atoms with E-state index in [0.29, 0.717) is 50.5 Å². The number of hydrogen-bond acceptors (Lipinski definition) is 6. The molecule has 1 atom stereocenters. The smallest absolute Gasteiger partial charge is 0.410 e. The number of carbonyl (C=O) groups excluding carboxylic acids is 1. The van der Waals surface area contributed by atoms with Crippen LogP contribution in [0.4, 0.5) is 4.79 Å². The van der Waals surface area contributed by atoms with Crippen LogP contribution in [0.25, 0.3) is 10.9 Å². The van der Waals surface area contributed by atoms with E-state index < -0.39 is 11.2 Å². The fourth-order valence-corrected chi connectivity index (χ4v) is 7.70. The Bertz CT molecular complexity index is 1180. The van der Waals surface area contributed by atoms with E-state index in [2.05, 4.69) is 21.0 Å². The van der Waals surface area contributed by atoms with E-state index in [1.807, 2.05) is 42.6 Å². The maximum Gasteiger partial charge on any atom is 0.410 e. The van der Waals surface area contributed by atoms with Gasteiger partial charge in [0.1, 0.15) is 5.60 Å². The summed E-state index contributed by atoms with van der Waals surface area (Å²) >= 11 is 10.5. The molecule has 8 nitrogen and oxygen atoms in total. The monoisotopic (exact) mass is 625 g/mol. The Morgan fingerprint density at radius 2 is 2.08 bits per heavy atom. The predicted octanol–water partition coefficient (Wildman–Crippen LogP) is 6.64. The highest BCUT2D eigenvalue weighted by Gasteiger charge is 2.55. The number of hydrogen-bond donors (Lipinski definition) is 1. The zero-order chi connectivity index (χ0) is 27.8. The first kappa shape index (κ1) is 29.1. The SMILES string of the molecule is CC(C)(C)OC(=O)N1CCCC2(C1)CC(O)(CCOCCc1c(Cl)cc3c(cnn3[C@@H]3CCCCO3)c1Br)C2. The largest absolute Gasteiger partial charge is 0.444 e. The average molecular weight is 627 g/mol. The number of ether oxygens (including phenoxy) is 3. The van der Waals surface area contributed by atoms with Crippen LogP contribution in [-0.2, 0) is 20.6 Å². The van der Waals surface area contributed by atoms with Crippen LogP contribution in [0.3, 0.4) is 0 Å². The minimum absolute atomic E-state index is 0.00912. The number of nitrogens with zero attached hydrogens (tertiary/aromatic N) is 3. The number of rotatable bonds is 7. The van der Waals surface area contributed by atoms with Crippen molar-refractivity contribution in [3.05, 3.63) is 27.3 Å². The molecular formula is C29H41BrClN3O5. The van der Waals surface area contributed by atoms with Crippen molar-refractivity contribution >= 4 is 44.5 Å². The second-order valence-corrected chi connectivity index (χ2v) is 13.9. The maximum atomic E-state index is 12.6. The Labute approximate surface area is 244 Å². The molecule has 1 spiro atoms. The Morgan fingerprint density at radius 1 is 1.28 bits per heavy atom. The van der Waals surface area contributed by atoms with Crippen molar-refractivity contribution < 1.29 is 24.1 Å². The molecule has 10 heteroatoms. The Hall–Kier alpha value is -1.39. The van der Waals surface area contributed by atoms with Crippen molar-refractivity contribution in [2.45, 2.75) is 96.0 Å². The Morgan fingerprint density at radius 3 is 2.79 bits per heavy atom. The normalized spacial score (nSPS) is 27.6. The highest BCUT2D eigenvalue weighted by Crippen LogP contribution is 2.55. The Balaban J connectivity index is 1.09. The van der Waals surface area contributed by atoms with Crippen molar-refractivity contribution in [2.24, 2.45) is 5.41 Å². The lowest BCUT2D eigenvalue weighted by atomic mass is 9.55. The van der Waals surface area contributed by atoms with Gasteiger partial charge in [-0.25, -0.2) is 9.48 Å². The van der Waals surface area contributed by atoms with E-state index in [1.165, 1.54) is 0 Å². The van der Waals surface area contributed by atoms with Crippen LogP contribution in [0.2, 0.25) is 5.02 Å². The molecule has 1 saturated carbocycles. The van der Waals surface area contributed by atoms with E-state index in [0.717, 1.165) is 66.2 Å². The molecule has 1 aromatic heterocycles. The second kappa shape index (κ2) is 11.5. The van der Waals surface area contributed by atoms with E-state index in [-0.39, 0.29) is 17.7 Å². The highest BCUT2D eigenvalue weighted by molar-refractivity contribution is 9.10. The number of amides is 1. The molecule has 1 amide bonds. The van der Waals surface area contributed by atoms with Crippen molar-refractivity contribution in [1.82, 2.24) is 14.7 Å². The summed E-state index contributed by atoms with van der Waals surface area (Å²) in [6.45, 7) is 8.79. The minimum atomic E-state index is -0.732. The van der Waals surface area contributed by atoms with Gasteiger partial charge in [-0.05, 0) is 112 Å². The molecule has 1 aromatic carbocycles. The van der Waals surface area contributed by atoms with Gasteiger partial charge in [-0.2, -0.15) is 5.10 Å². The lowest BCUT2D eigenvalue weighted by Gasteiger charge is -2.57. The molecule has 5 rings (SSSR count). The number of halogens is 2. The summed E-state index contributed by atoms with van der Waals surface area (Å²) in [4.78, 5) is 14.4. The summed E-state index contributed by atoms with van der Waals surface area (Å²) in [5.74, 6) is 0. The van der Waals surface area contributed by atoms with Gasteiger partial charge in [-0.3, -0.25) is 0 Å². The molecule has 3 heterocycles. The molecule has 3 aliphatic rings. The van der Waals surface area contributed by atoms with Crippen molar-refractivity contribution in [2.75, 3.05) is 32.9 Å². The number of piperidine rings is 1. The van der Waals surface area contributed by atoms with Crippen LogP contribution in [0.5, 0.6) is 0 Å². The molecule has 2 aromatic rings. The fourth-order valence-electron chi connectivity index (χ4n) is 6.57. The van der Waals surface area contributed by atoms with Crippen molar-refractivity contribution in [1.29, 1.82) is 0 Å². The zero-order valence-electron chi connectivity index (χ0n) is 23.3. The number of fused-ring (bicyclic) bond motifs is 1. The third-order valence-electron chi connectivity index (χ3n) is 8.24. The van der Waals surface area contributed by atoms with Gasteiger partial charge < -0.3 is 24.2 Å². The van der Waals surface area contributed by atoms with Gasteiger partial charge in [0.05, 0.1) is 23.9 Å². The molecule has 216 valence electrons. The standard InChI is InChI=1S/C29H41BrClN3O5/c1-27(2,3)39-26(35)33-11-6-9-28(19-33)17-29(36,18-28)10-14-37-13-8-20-22(31)15-23-21(25(20)30)16-32-34(23)24-7-4-5-12-38-24/h15-16,24,36H,4-14,17-19H2,1-3H3/t24-,28?,29?/m0/s1. The van der Waals surface area contributed by atoms with Crippen LogP contribution < -0.4 is 0 Å². The summed E-state index contributed by atoms with van der Waals surface area (Å²) in [6.07, 6.45) is 9.38. The summed E-state index contributed by atoms with van der Waals surface area (Å²) < 4.78 is 20.3. The van der Waals surface area contributed by atoms with Gasteiger partial charge in [0.2, 0.25) is 0 Å². The van der Waals surface area contributed by atoms with Gasteiger partial charge in [0.25, 0.3) is 0 Å². The number of carbonyl (C=O) groups is 1. The van der Waals surface area contributed by atoms with Gasteiger partial charge in [-0.1, -0.05) is 11.6 Å². The summed E-state index contributed by atoms with van der Waals surface area (Å²) in [7, 11) is 0. The first-order valence-corrected chi connectivity index (χ1v) is 15.4. The number of likely N-dealkylation sites (tertiary alicyclic amines) is 1. The number of benzene rings is 1. The molecule has 1 aliphatic carbocycles. The van der Waals surface area contributed by atoms with E-state index >= 15 is 0 Å². The van der Waals surface area contributed by atoms with Crippen LogP contribution in [-0.4, -0.2) is 70.0 Å². The maximum absolute atomic E-state index is 12.6. The molecule has 0 radical (unpaired) electrons. The number of aromatic nitrogens is 2. The van der Waals surface area contributed by atoms with Gasteiger partial charge in [0.15, 0.2) is 6.23 Å². The van der Waals surface area contributed by atoms with Crippen molar-refractivity contribution in [3.8, 4) is 0 Å².